The van der Waals surface area contributed by atoms with Crippen LogP contribution in [0.2, 0.25) is 0 Å². The van der Waals surface area contributed by atoms with Gasteiger partial charge in [0, 0.05) is 18.0 Å². The lowest BCUT2D eigenvalue weighted by Gasteiger charge is -2.18. The van der Waals surface area contributed by atoms with Gasteiger partial charge in [-0.05, 0) is 30.4 Å². The summed E-state index contributed by atoms with van der Waals surface area (Å²) >= 11 is 1.69. The molecule has 0 bridgehead atoms. The van der Waals surface area contributed by atoms with Crippen molar-refractivity contribution in [3.05, 3.63) is 58.3 Å². The molecular weight excluding hydrogens is 310 g/mol. The largest absolute Gasteiger partial charge is 0.338 e. The van der Waals surface area contributed by atoms with Crippen molar-refractivity contribution in [2.75, 3.05) is 13.1 Å². The first-order chi connectivity index (χ1) is 11.2. The highest BCUT2D eigenvalue weighted by atomic mass is 32.1. The van der Waals surface area contributed by atoms with Crippen LogP contribution in [0.25, 0.3) is 0 Å². The van der Waals surface area contributed by atoms with Crippen LogP contribution < -0.4 is 16.0 Å². The highest BCUT2D eigenvalue weighted by Crippen LogP contribution is 2.14. The Bertz CT molecular complexity index is 614. The maximum atomic E-state index is 12.4. The van der Waals surface area contributed by atoms with Gasteiger partial charge in [0.2, 0.25) is 5.91 Å². The Morgan fingerprint density at radius 1 is 1.13 bits per heavy atom. The van der Waals surface area contributed by atoms with E-state index < -0.39 is 12.1 Å². The number of nitrogens with one attached hydrogen (secondary N) is 3. The number of hydrogen-bond acceptors (Lipinski definition) is 4. The Hall–Kier alpha value is -2.18. The van der Waals surface area contributed by atoms with Crippen molar-refractivity contribution < 1.29 is 9.59 Å². The minimum atomic E-state index is -0.557. The number of rotatable bonds is 7. The second-order valence-electron chi connectivity index (χ2n) is 4.98. The molecule has 23 heavy (non-hydrogen) atoms. The Balaban J connectivity index is 1.99. The van der Waals surface area contributed by atoms with Gasteiger partial charge in [0.25, 0.3) is 0 Å². The normalized spacial score (nSPS) is 11.7. The molecule has 0 spiro atoms. The Morgan fingerprint density at radius 2 is 1.91 bits per heavy atom. The van der Waals surface area contributed by atoms with Crippen molar-refractivity contribution in [2.24, 2.45) is 0 Å². The summed E-state index contributed by atoms with van der Waals surface area (Å²) in [6, 6.07) is 12.5. The predicted molar refractivity (Wildman–Crippen MR) is 92.4 cm³/mol. The Morgan fingerprint density at radius 3 is 2.57 bits per heavy atom. The van der Waals surface area contributed by atoms with E-state index in [1.165, 1.54) is 4.88 Å². The molecule has 1 aromatic heterocycles. The van der Waals surface area contributed by atoms with Gasteiger partial charge in [-0.1, -0.05) is 36.4 Å². The van der Waals surface area contributed by atoms with Crippen LogP contribution in [0.1, 0.15) is 23.4 Å². The standard InChI is InChI=1S/C17H21N3O2S/c1-2-18-17(22)20-16(21)15(13-7-4-3-5-8-13)19-11-10-14-9-6-12-23-14/h3-9,12,15,19H,2,10-11H2,1H3,(H2,18,20,21,22)/t15-/m0/s1. The average molecular weight is 331 g/mol. The summed E-state index contributed by atoms with van der Waals surface area (Å²) < 4.78 is 0. The third-order valence-electron chi connectivity index (χ3n) is 3.27. The third-order valence-corrected chi connectivity index (χ3v) is 4.21. The van der Waals surface area contributed by atoms with Gasteiger partial charge >= 0.3 is 6.03 Å². The maximum absolute atomic E-state index is 12.4. The van der Waals surface area contributed by atoms with Crippen LogP contribution in [0.4, 0.5) is 4.79 Å². The number of carbonyl (C=O) groups is 2. The SMILES string of the molecule is CCNC(=O)NC(=O)[C@@H](NCCc1cccs1)c1ccccc1. The lowest BCUT2D eigenvalue weighted by Crippen LogP contribution is -2.45. The van der Waals surface area contributed by atoms with E-state index in [-0.39, 0.29) is 5.91 Å². The number of benzene rings is 1. The van der Waals surface area contributed by atoms with Crippen molar-refractivity contribution in [1.29, 1.82) is 0 Å². The molecule has 1 atom stereocenters. The molecule has 0 aliphatic heterocycles. The van der Waals surface area contributed by atoms with E-state index in [4.69, 9.17) is 0 Å². The van der Waals surface area contributed by atoms with Crippen LogP contribution in [0.3, 0.4) is 0 Å². The first kappa shape index (κ1) is 17.2. The summed E-state index contributed by atoms with van der Waals surface area (Å²) in [6.45, 7) is 2.93. The molecule has 0 fully saturated rings. The van der Waals surface area contributed by atoms with Crippen LogP contribution in [0.15, 0.2) is 47.8 Å². The van der Waals surface area contributed by atoms with Crippen molar-refractivity contribution in [1.82, 2.24) is 16.0 Å². The maximum Gasteiger partial charge on any atom is 0.321 e. The van der Waals surface area contributed by atoms with Crippen LogP contribution >= 0.6 is 11.3 Å². The van der Waals surface area contributed by atoms with Gasteiger partial charge in [-0.15, -0.1) is 11.3 Å². The van der Waals surface area contributed by atoms with Gasteiger partial charge in [-0.3, -0.25) is 10.1 Å². The number of amides is 3. The molecule has 0 saturated heterocycles. The van der Waals surface area contributed by atoms with E-state index in [0.29, 0.717) is 13.1 Å². The molecule has 5 nitrogen and oxygen atoms in total. The fraction of sp³-hybridized carbons (Fsp3) is 0.294. The molecule has 2 rings (SSSR count). The summed E-state index contributed by atoms with van der Waals surface area (Å²) in [5.41, 5.74) is 0.834. The summed E-state index contributed by atoms with van der Waals surface area (Å²) in [7, 11) is 0. The zero-order chi connectivity index (χ0) is 16.5. The summed E-state index contributed by atoms with van der Waals surface area (Å²) in [5, 5.41) is 10.2. The number of carbonyl (C=O) groups excluding carboxylic acids is 2. The van der Waals surface area contributed by atoms with Crippen LogP contribution in [0, 0.1) is 0 Å². The number of thiophene rings is 1. The highest BCUT2D eigenvalue weighted by Gasteiger charge is 2.21. The van der Waals surface area contributed by atoms with Crippen molar-refractivity contribution >= 4 is 23.3 Å². The van der Waals surface area contributed by atoms with E-state index in [9.17, 15) is 9.59 Å². The van der Waals surface area contributed by atoms with Crippen molar-refractivity contribution in [3.8, 4) is 0 Å². The van der Waals surface area contributed by atoms with E-state index in [2.05, 4.69) is 22.0 Å². The summed E-state index contributed by atoms with van der Waals surface area (Å²) in [6.07, 6.45) is 0.843. The molecule has 1 aromatic carbocycles. The quantitative estimate of drug-likeness (QED) is 0.730. The molecule has 2 aromatic rings. The van der Waals surface area contributed by atoms with E-state index >= 15 is 0 Å². The molecule has 1 heterocycles. The fourth-order valence-corrected chi connectivity index (χ4v) is 2.90. The predicted octanol–water partition coefficient (Wildman–Crippen LogP) is 2.47. The van der Waals surface area contributed by atoms with Crippen molar-refractivity contribution in [3.63, 3.8) is 0 Å². The second kappa shape index (κ2) is 9.07. The fourth-order valence-electron chi connectivity index (χ4n) is 2.19. The molecular formula is C17H21N3O2S. The van der Waals surface area contributed by atoms with Gasteiger partial charge < -0.3 is 10.6 Å². The third kappa shape index (κ3) is 5.50. The van der Waals surface area contributed by atoms with Crippen LogP contribution in [0.5, 0.6) is 0 Å². The molecule has 0 unspecified atom stereocenters. The van der Waals surface area contributed by atoms with E-state index in [1.807, 2.05) is 41.8 Å². The number of imide groups is 1. The molecule has 122 valence electrons. The second-order valence-corrected chi connectivity index (χ2v) is 6.01. The lowest BCUT2D eigenvalue weighted by molar-refractivity contribution is -0.122. The van der Waals surface area contributed by atoms with Gasteiger partial charge in [0.15, 0.2) is 0 Å². The van der Waals surface area contributed by atoms with Gasteiger partial charge in [-0.2, -0.15) is 0 Å². The molecule has 3 amide bonds. The molecule has 0 saturated carbocycles. The van der Waals surface area contributed by atoms with Crippen LogP contribution in [-0.4, -0.2) is 25.0 Å². The Labute approximate surface area is 140 Å². The monoisotopic (exact) mass is 331 g/mol. The van der Waals surface area contributed by atoms with E-state index in [0.717, 1.165) is 12.0 Å². The van der Waals surface area contributed by atoms with Gasteiger partial charge in [-0.25, -0.2) is 4.79 Å². The minimum Gasteiger partial charge on any atom is -0.338 e. The average Bonchev–Trinajstić information content (AvgIpc) is 3.06. The van der Waals surface area contributed by atoms with Crippen LogP contribution in [-0.2, 0) is 11.2 Å². The lowest BCUT2D eigenvalue weighted by atomic mass is 10.1. The molecule has 0 radical (unpaired) electrons. The highest BCUT2D eigenvalue weighted by molar-refractivity contribution is 7.09. The van der Waals surface area contributed by atoms with E-state index in [1.54, 1.807) is 18.3 Å². The smallest absolute Gasteiger partial charge is 0.321 e. The topological polar surface area (TPSA) is 70.2 Å². The minimum absolute atomic E-state index is 0.353. The number of urea groups is 1. The van der Waals surface area contributed by atoms with Crippen molar-refractivity contribution in [2.45, 2.75) is 19.4 Å². The zero-order valence-corrected chi connectivity index (χ0v) is 13.9. The Kier molecular flexibility index (Phi) is 6.77. The molecule has 0 aliphatic carbocycles. The van der Waals surface area contributed by atoms with Gasteiger partial charge in [0.05, 0.1) is 0 Å². The number of hydrogen-bond donors (Lipinski definition) is 3. The molecule has 6 heteroatoms. The molecule has 3 N–H and O–H groups in total. The zero-order valence-electron chi connectivity index (χ0n) is 13.0. The summed E-state index contributed by atoms with van der Waals surface area (Å²) in [4.78, 5) is 25.2. The summed E-state index contributed by atoms with van der Waals surface area (Å²) in [5.74, 6) is -0.353. The first-order valence-electron chi connectivity index (χ1n) is 7.60. The van der Waals surface area contributed by atoms with Gasteiger partial charge in [0.1, 0.15) is 6.04 Å². The first-order valence-corrected chi connectivity index (χ1v) is 8.48. The molecule has 0 aliphatic rings.